The number of carbonyl (C=O) groups excluding carboxylic acids is 1. The Bertz CT molecular complexity index is 1440. The van der Waals surface area contributed by atoms with E-state index >= 15 is 0 Å². The van der Waals surface area contributed by atoms with Gasteiger partial charge in [-0.15, -0.1) is 11.3 Å². The van der Waals surface area contributed by atoms with E-state index in [9.17, 15) is 19.7 Å². The molecule has 1 aliphatic carbocycles. The first-order chi connectivity index (χ1) is 17.0. The van der Waals surface area contributed by atoms with Gasteiger partial charge in [-0.05, 0) is 66.3 Å². The van der Waals surface area contributed by atoms with Gasteiger partial charge in [0, 0.05) is 23.9 Å². The zero-order valence-corrected chi connectivity index (χ0v) is 19.9. The molecule has 1 N–H and O–H groups in total. The van der Waals surface area contributed by atoms with Crippen molar-refractivity contribution in [2.75, 3.05) is 0 Å². The minimum atomic E-state index is -0.591. The lowest BCUT2D eigenvalue weighted by atomic mass is 9.89. The lowest BCUT2D eigenvalue weighted by molar-refractivity contribution is -0.384. The van der Waals surface area contributed by atoms with Gasteiger partial charge in [0.25, 0.3) is 5.69 Å². The first kappa shape index (κ1) is 23.0. The number of benzene rings is 2. The topological polar surface area (TPSA) is 107 Å². The van der Waals surface area contributed by atoms with E-state index in [-0.39, 0.29) is 36.2 Å². The van der Waals surface area contributed by atoms with Crippen LogP contribution in [0.5, 0.6) is 0 Å². The molecular formula is C26H25N3O5S. The molecule has 0 radical (unpaired) electrons. The number of carbonyl (C=O) groups is 1. The molecule has 1 amide bonds. The second kappa shape index (κ2) is 9.87. The third kappa shape index (κ3) is 4.90. The number of amides is 1. The standard InChI is InChI=1S/C26H25N3O5S/c30-24(8-3-13-28-21-12-11-20(29(32)33)16-22(21)34-26(28)31)27-25(23-7-4-14-35-23)19-10-9-17-5-1-2-6-18(17)15-19/h4,7,9-12,14-16,25H,1-3,5-6,8,13H2,(H,27,30). The Kier molecular flexibility index (Phi) is 6.50. The van der Waals surface area contributed by atoms with Gasteiger partial charge in [0.05, 0.1) is 22.5 Å². The number of hydrogen-bond acceptors (Lipinski definition) is 6. The molecule has 0 aliphatic heterocycles. The first-order valence-electron chi connectivity index (χ1n) is 11.7. The van der Waals surface area contributed by atoms with E-state index < -0.39 is 10.7 Å². The maximum atomic E-state index is 12.9. The summed E-state index contributed by atoms with van der Waals surface area (Å²) in [6.45, 7) is 0.277. The Hall–Kier alpha value is -3.72. The Balaban J connectivity index is 1.27. The van der Waals surface area contributed by atoms with Crippen LogP contribution in [-0.4, -0.2) is 15.4 Å². The summed E-state index contributed by atoms with van der Waals surface area (Å²) in [5.41, 5.74) is 4.36. The molecule has 4 aromatic rings. The third-order valence-electron chi connectivity index (χ3n) is 6.49. The number of nitrogens with one attached hydrogen (secondary N) is 1. The molecule has 2 aromatic carbocycles. The van der Waals surface area contributed by atoms with E-state index in [1.54, 1.807) is 11.3 Å². The molecule has 0 bridgehead atoms. The second-order valence-corrected chi connectivity index (χ2v) is 9.76. The van der Waals surface area contributed by atoms with Gasteiger partial charge < -0.3 is 9.73 Å². The van der Waals surface area contributed by atoms with Crippen LogP contribution >= 0.6 is 11.3 Å². The van der Waals surface area contributed by atoms with E-state index in [0.29, 0.717) is 11.9 Å². The molecule has 0 saturated heterocycles. The monoisotopic (exact) mass is 491 g/mol. The quantitative estimate of drug-likeness (QED) is 0.272. The molecular weight excluding hydrogens is 466 g/mol. The molecule has 35 heavy (non-hydrogen) atoms. The van der Waals surface area contributed by atoms with Gasteiger partial charge in [0.1, 0.15) is 0 Å². The van der Waals surface area contributed by atoms with E-state index in [1.807, 2.05) is 17.5 Å². The average molecular weight is 492 g/mol. The average Bonchev–Trinajstić information content (AvgIpc) is 3.50. The summed E-state index contributed by atoms with van der Waals surface area (Å²) in [7, 11) is 0. The number of aryl methyl sites for hydroxylation is 3. The Morgan fingerprint density at radius 2 is 1.97 bits per heavy atom. The van der Waals surface area contributed by atoms with Crippen LogP contribution in [-0.2, 0) is 24.2 Å². The smallest absolute Gasteiger partial charge is 0.407 e. The van der Waals surface area contributed by atoms with Crippen LogP contribution in [0.15, 0.2) is 63.1 Å². The van der Waals surface area contributed by atoms with Crippen molar-refractivity contribution in [3.05, 3.63) is 96.1 Å². The second-order valence-electron chi connectivity index (χ2n) is 8.78. The number of fused-ring (bicyclic) bond motifs is 2. The van der Waals surface area contributed by atoms with Crippen molar-refractivity contribution in [3.8, 4) is 0 Å². The van der Waals surface area contributed by atoms with Crippen LogP contribution in [0.4, 0.5) is 5.69 Å². The molecule has 2 aromatic heterocycles. The van der Waals surface area contributed by atoms with Gasteiger partial charge in [-0.3, -0.25) is 19.5 Å². The van der Waals surface area contributed by atoms with Crippen LogP contribution in [0.25, 0.3) is 11.1 Å². The minimum Gasteiger partial charge on any atom is -0.407 e. The summed E-state index contributed by atoms with van der Waals surface area (Å²) in [6.07, 6.45) is 5.27. The Morgan fingerprint density at radius 3 is 2.74 bits per heavy atom. The molecule has 1 unspecified atom stereocenters. The van der Waals surface area contributed by atoms with Gasteiger partial charge in [-0.25, -0.2) is 4.79 Å². The number of aromatic nitrogens is 1. The largest absolute Gasteiger partial charge is 0.419 e. The fourth-order valence-corrected chi connectivity index (χ4v) is 5.52. The molecule has 2 heterocycles. The normalized spacial score (nSPS) is 13.9. The summed E-state index contributed by atoms with van der Waals surface area (Å²) in [5.74, 6) is -0.691. The van der Waals surface area contributed by atoms with E-state index in [2.05, 4.69) is 23.5 Å². The van der Waals surface area contributed by atoms with Crippen molar-refractivity contribution in [1.82, 2.24) is 9.88 Å². The van der Waals surface area contributed by atoms with E-state index in [0.717, 1.165) is 23.3 Å². The summed E-state index contributed by atoms with van der Waals surface area (Å²) < 4.78 is 6.58. The van der Waals surface area contributed by atoms with E-state index in [4.69, 9.17) is 4.42 Å². The number of nitro groups is 1. The minimum absolute atomic E-state index is 0.0994. The fraction of sp³-hybridized carbons (Fsp3) is 0.308. The molecule has 0 spiro atoms. The van der Waals surface area contributed by atoms with Crippen molar-refractivity contribution in [2.45, 2.75) is 51.1 Å². The zero-order chi connectivity index (χ0) is 24.4. The molecule has 1 atom stereocenters. The van der Waals surface area contributed by atoms with Crippen LogP contribution in [0.1, 0.15) is 53.3 Å². The van der Waals surface area contributed by atoms with Crippen molar-refractivity contribution >= 4 is 34.0 Å². The van der Waals surface area contributed by atoms with Crippen LogP contribution in [0.3, 0.4) is 0 Å². The lowest BCUT2D eigenvalue weighted by Gasteiger charge is -2.22. The van der Waals surface area contributed by atoms with Gasteiger partial charge >= 0.3 is 5.76 Å². The summed E-state index contributed by atoms with van der Waals surface area (Å²) in [5, 5.41) is 16.2. The molecule has 9 heteroatoms. The van der Waals surface area contributed by atoms with Gasteiger partial charge in [0.15, 0.2) is 5.58 Å². The zero-order valence-electron chi connectivity index (χ0n) is 19.1. The number of oxazole rings is 1. The molecule has 1 aliphatic rings. The van der Waals surface area contributed by atoms with Crippen molar-refractivity contribution in [2.24, 2.45) is 0 Å². The molecule has 0 saturated carbocycles. The first-order valence-corrected chi connectivity index (χ1v) is 12.6. The fourth-order valence-electron chi connectivity index (χ4n) is 4.72. The SMILES string of the molecule is O=C(CCCn1c(=O)oc2cc([N+](=O)[O-])ccc21)NC(c1ccc2c(c1)CCCC2)c1cccs1. The number of nitro benzene ring substituents is 1. The summed E-state index contributed by atoms with van der Waals surface area (Å²) in [6, 6.07) is 14.4. The molecule has 0 fully saturated rings. The Labute approximate surface area is 205 Å². The van der Waals surface area contributed by atoms with Crippen LogP contribution < -0.4 is 11.1 Å². The predicted octanol–water partition coefficient (Wildman–Crippen LogP) is 5.13. The van der Waals surface area contributed by atoms with Gasteiger partial charge in [0.2, 0.25) is 5.91 Å². The highest BCUT2D eigenvalue weighted by Crippen LogP contribution is 2.30. The number of nitrogens with zero attached hydrogens (tertiary/aromatic N) is 2. The van der Waals surface area contributed by atoms with Crippen LogP contribution in [0.2, 0.25) is 0 Å². The maximum absolute atomic E-state index is 12.9. The van der Waals surface area contributed by atoms with E-state index in [1.165, 1.54) is 46.7 Å². The highest BCUT2D eigenvalue weighted by atomic mass is 32.1. The number of non-ortho nitro benzene ring substituents is 1. The van der Waals surface area contributed by atoms with Crippen molar-refractivity contribution in [1.29, 1.82) is 0 Å². The third-order valence-corrected chi connectivity index (χ3v) is 7.42. The van der Waals surface area contributed by atoms with Gasteiger partial charge in [-0.2, -0.15) is 0 Å². The highest BCUT2D eigenvalue weighted by molar-refractivity contribution is 7.10. The highest BCUT2D eigenvalue weighted by Gasteiger charge is 2.20. The molecule has 180 valence electrons. The number of hydrogen-bond donors (Lipinski definition) is 1. The summed E-state index contributed by atoms with van der Waals surface area (Å²) >= 11 is 1.61. The van der Waals surface area contributed by atoms with Crippen molar-refractivity contribution < 1.29 is 14.1 Å². The number of rotatable bonds is 8. The summed E-state index contributed by atoms with van der Waals surface area (Å²) in [4.78, 5) is 36.7. The molecule has 8 nitrogen and oxygen atoms in total. The van der Waals surface area contributed by atoms with Crippen LogP contribution in [0, 0.1) is 10.1 Å². The van der Waals surface area contributed by atoms with Gasteiger partial charge in [-0.1, -0.05) is 24.3 Å². The Morgan fingerprint density at radius 1 is 1.14 bits per heavy atom. The predicted molar refractivity (Wildman–Crippen MR) is 134 cm³/mol. The lowest BCUT2D eigenvalue weighted by Crippen LogP contribution is -2.29. The molecule has 5 rings (SSSR count). The van der Waals surface area contributed by atoms with Crippen molar-refractivity contribution in [3.63, 3.8) is 0 Å². The maximum Gasteiger partial charge on any atom is 0.419 e. The number of thiophene rings is 1.